The Morgan fingerprint density at radius 1 is 1.09 bits per heavy atom. The molecular formula is C25H30FN5O2Si. The molecule has 1 aromatic carbocycles. The van der Waals surface area contributed by atoms with Crippen LogP contribution in [-0.2, 0) is 18.1 Å². The molecule has 0 amide bonds. The van der Waals surface area contributed by atoms with E-state index in [4.69, 9.17) is 9.16 Å². The molecule has 0 saturated heterocycles. The van der Waals surface area contributed by atoms with Gasteiger partial charge in [-0.15, -0.1) is 0 Å². The van der Waals surface area contributed by atoms with Gasteiger partial charge < -0.3 is 13.7 Å². The lowest BCUT2D eigenvalue weighted by molar-refractivity contribution is 0.273. The molecule has 0 bridgehead atoms. The summed E-state index contributed by atoms with van der Waals surface area (Å²) in [5.74, 6) is -0.442. The number of rotatable bonds is 6. The molecule has 3 aromatic heterocycles. The maximum Gasteiger partial charge on any atom is 0.322 e. The quantitative estimate of drug-likeness (QED) is 0.307. The lowest BCUT2D eigenvalue weighted by Gasteiger charge is -2.36. The van der Waals surface area contributed by atoms with Crippen LogP contribution >= 0.6 is 0 Å². The summed E-state index contributed by atoms with van der Waals surface area (Å²) < 4.78 is 28.9. The van der Waals surface area contributed by atoms with E-state index in [2.05, 4.69) is 53.8 Å². The number of nitrogens with zero attached hydrogens (tertiary/aromatic N) is 5. The van der Waals surface area contributed by atoms with Crippen molar-refractivity contribution in [3.8, 4) is 22.9 Å². The van der Waals surface area contributed by atoms with Gasteiger partial charge in [0.25, 0.3) is 0 Å². The predicted molar refractivity (Wildman–Crippen MR) is 133 cm³/mol. The Morgan fingerprint density at radius 3 is 2.53 bits per heavy atom. The molecule has 34 heavy (non-hydrogen) atoms. The van der Waals surface area contributed by atoms with Crippen molar-refractivity contribution >= 4 is 19.4 Å². The molecule has 0 atom stereocenters. The van der Waals surface area contributed by atoms with Crippen molar-refractivity contribution in [3.05, 3.63) is 60.2 Å². The highest BCUT2D eigenvalue weighted by Crippen LogP contribution is 2.38. The van der Waals surface area contributed by atoms with Gasteiger partial charge in [-0.1, -0.05) is 26.8 Å². The van der Waals surface area contributed by atoms with Crippen molar-refractivity contribution in [1.29, 1.82) is 0 Å². The maximum absolute atomic E-state index is 15.0. The fourth-order valence-electron chi connectivity index (χ4n) is 3.39. The van der Waals surface area contributed by atoms with Crippen molar-refractivity contribution in [3.63, 3.8) is 0 Å². The van der Waals surface area contributed by atoms with Crippen LogP contribution in [0.15, 0.2) is 43.0 Å². The van der Waals surface area contributed by atoms with Gasteiger partial charge in [-0.05, 0) is 48.8 Å². The molecule has 0 aliphatic rings. The second kappa shape index (κ2) is 8.88. The van der Waals surface area contributed by atoms with Gasteiger partial charge in [-0.3, -0.25) is 0 Å². The van der Waals surface area contributed by atoms with Gasteiger partial charge in [0.2, 0.25) is 0 Å². The average Bonchev–Trinajstić information content (AvgIpc) is 3.10. The fourth-order valence-corrected chi connectivity index (χ4v) is 4.32. The Morgan fingerprint density at radius 2 is 1.85 bits per heavy atom. The van der Waals surface area contributed by atoms with Gasteiger partial charge >= 0.3 is 6.01 Å². The van der Waals surface area contributed by atoms with E-state index in [0.717, 1.165) is 28.0 Å². The molecule has 4 rings (SSSR count). The Kier molecular flexibility index (Phi) is 6.26. The number of aromatic nitrogens is 5. The summed E-state index contributed by atoms with van der Waals surface area (Å²) in [6.45, 7) is 13.2. The number of hydrogen-bond donors (Lipinski definition) is 0. The molecule has 0 unspecified atom stereocenters. The van der Waals surface area contributed by atoms with Crippen molar-refractivity contribution in [2.45, 2.75) is 52.4 Å². The number of ether oxygens (including phenoxy) is 1. The van der Waals surface area contributed by atoms with Gasteiger partial charge in [0.1, 0.15) is 12.0 Å². The Balaban J connectivity index is 1.70. The number of fused-ring (bicyclic) bond motifs is 1. The van der Waals surface area contributed by atoms with E-state index in [1.807, 2.05) is 30.8 Å². The summed E-state index contributed by atoms with van der Waals surface area (Å²) in [5.41, 5.74) is 3.84. The predicted octanol–water partition coefficient (Wildman–Crippen LogP) is 6.19. The Labute approximate surface area is 200 Å². The molecule has 0 fully saturated rings. The number of hydrogen-bond acceptors (Lipinski definition) is 6. The van der Waals surface area contributed by atoms with Gasteiger partial charge in [-0.25, -0.2) is 24.3 Å². The lowest BCUT2D eigenvalue weighted by Crippen LogP contribution is -2.40. The first-order valence-electron chi connectivity index (χ1n) is 11.2. The molecular weight excluding hydrogens is 449 g/mol. The van der Waals surface area contributed by atoms with Crippen molar-refractivity contribution < 1.29 is 13.6 Å². The number of halogens is 1. The van der Waals surface area contributed by atoms with E-state index in [-0.39, 0.29) is 16.8 Å². The fraction of sp³-hybridized carbons (Fsp3) is 0.360. The topological polar surface area (TPSA) is 75.0 Å². The first-order chi connectivity index (χ1) is 16.0. The minimum absolute atomic E-state index is 0.0623. The minimum atomic E-state index is -1.98. The first kappa shape index (κ1) is 24.0. The third-order valence-electron chi connectivity index (χ3n) is 6.42. The van der Waals surface area contributed by atoms with Gasteiger partial charge in [0, 0.05) is 30.7 Å². The van der Waals surface area contributed by atoms with E-state index in [9.17, 15) is 0 Å². The van der Waals surface area contributed by atoms with Crippen LogP contribution in [0.2, 0.25) is 18.1 Å². The van der Waals surface area contributed by atoms with Crippen LogP contribution in [-0.4, -0.2) is 32.8 Å². The summed E-state index contributed by atoms with van der Waals surface area (Å²) in [6, 6.07) is 6.71. The normalized spacial score (nSPS) is 12.4. The average molecular weight is 480 g/mol. The molecule has 9 heteroatoms. The molecule has 0 radical (unpaired) electrons. The summed E-state index contributed by atoms with van der Waals surface area (Å²) in [6.07, 6.45) is 5.07. The first-order valence-corrected chi connectivity index (χ1v) is 14.1. The molecule has 0 aliphatic carbocycles. The van der Waals surface area contributed by atoms with Gasteiger partial charge in [0.05, 0.1) is 17.7 Å². The highest BCUT2D eigenvalue weighted by Gasteiger charge is 2.37. The molecule has 0 aliphatic heterocycles. The van der Waals surface area contributed by atoms with Gasteiger partial charge in [0.15, 0.2) is 19.9 Å². The van der Waals surface area contributed by atoms with Crippen molar-refractivity contribution in [2.75, 3.05) is 0 Å². The maximum atomic E-state index is 15.0. The third-order valence-corrected chi connectivity index (χ3v) is 10.9. The molecule has 0 saturated carbocycles. The van der Waals surface area contributed by atoms with E-state index in [0.29, 0.717) is 12.2 Å². The van der Waals surface area contributed by atoms with E-state index in [1.165, 1.54) is 6.07 Å². The van der Waals surface area contributed by atoms with Crippen molar-refractivity contribution in [1.82, 2.24) is 24.5 Å². The zero-order chi connectivity index (χ0) is 24.7. The number of benzene rings is 1. The molecule has 178 valence electrons. The molecule has 4 aromatic rings. The largest absolute Gasteiger partial charge is 0.421 e. The highest BCUT2D eigenvalue weighted by atomic mass is 28.4. The smallest absolute Gasteiger partial charge is 0.322 e. The summed E-state index contributed by atoms with van der Waals surface area (Å²) in [7, 11) is -0.0613. The van der Waals surface area contributed by atoms with Crippen LogP contribution in [0.3, 0.4) is 0 Å². The van der Waals surface area contributed by atoms with Crippen molar-refractivity contribution in [2.24, 2.45) is 7.05 Å². The Bertz CT molecular complexity index is 1350. The van der Waals surface area contributed by atoms with Crippen LogP contribution in [0, 0.1) is 12.7 Å². The number of aryl methyl sites for hydroxylation is 2. The van der Waals surface area contributed by atoms with E-state index < -0.39 is 14.1 Å². The summed E-state index contributed by atoms with van der Waals surface area (Å²) in [4.78, 5) is 17.2. The highest BCUT2D eigenvalue weighted by molar-refractivity contribution is 6.74. The zero-order valence-electron chi connectivity index (χ0n) is 20.7. The molecule has 0 N–H and O–H groups in total. The van der Waals surface area contributed by atoms with E-state index in [1.54, 1.807) is 24.7 Å². The molecule has 7 nitrogen and oxygen atoms in total. The third kappa shape index (κ3) is 4.71. The van der Waals surface area contributed by atoms with Crippen LogP contribution < -0.4 is 4.74 Å². The van der Waals surface area contributed by atoms with Crippen LogP contribution in [0.4, 0.5) is 4.39 Å². The van der Waals surface area contributed by atoms with E-state index >= 15 is 4.39 Å². The monoisotopic (exact) mass is 479 g/mol. The lowest BCUT2D eigenvalue weighted by atomic mass is 10.0. The Hall–Kier alpha value is -3.17. The van der Waals surface area contributed by atoms with Crippen LogP contribution in [0.5, 0.6) is 11.8 Å². The summed E-state index contributed by atoms with van der Waals surface area (Å²) >= 11 is 0. The minimum Gasteiger partial charge on any atom is -0.421 e. The van der Waals surface area contributed by atoms with Gasteiger partial charge in [-0.2, -0.15) is 0 Å². The second-order valence-corrected chi connectivity index (χ2v) is 14.8. The standard InChI is InChI=1S/C25H30FN5O2Si/c1-16-10-11-27-24(30-16)33-21-9-8-17(12-19(21)26)18-13-31(5)23-22(18)20(28-15-29-23)14-32-34(6,7)25(2,3)4/h8-13,15H,14H2,1-7H3. The SMILES string of the molecule is Cc1ccnc(Oc2ccc(-c3cn(C)c4ncnc(CO[Si](C)(C)C(C)(C)C)c34)cc2F)n1. The molecule has 0 spiro atoms. The van der Waals surface area contributed by atoms with Crippen LogP contribution in [0.1, 0.15) is 32.2 Å². The second-order valence-electron chi connectivity index (χ2n) is 9.95. The summed E-state index contributed by atoms with van der Waals surface area (Å²) in [5, 5.41) is 0.942. The molecule has 3 heterocycles. The van der Waals surface area contributed by atoms with Crippen LogP contribution in [0.25, 0.3) is 22.2 Å². The zero-order valence-corrected chi connectivity index (χ0v) is 21.7.